The Morgan fingerprint density at radius 3 is 2.32 bits per heavy atom. The van der Waals surface area contributed by atoms with E-state index in [1.54, 1.807) is 24.3 Å². The minimum absolute atomic E-state index is 0.0968. The van der Waals surface area contributed by atoms with Crippen molar-refractivity contribution in [3.63, 3.8) is 0 Å². The summed E-state index contributed by atoms with van der Waals surface area (Å²) in [7, 11) is 0. The van der Waals surface area contributed by atoms with Gasteiger partial charge in [0.2, 0.25) is 0 Å². The highest BCUT2D eigenvalue weighted by molar-refractivity contribution is 5.30. The van der Waals surface area contributed by atoms with E-state index in [9.17, 15) is 0 Å². The topological polar surface area (TPSA) is 38.7 Å². The molecule has 0 aromatic heterocycles. The standard InChI is InChI=1S/C16H18O3/c1-13(19-16-5-3-2-4-6-16)11-12-18-15-9-7-14(17)8-10-15/h2-10,13,17H,11-12H2,1H3. The Hall–Kier alpha value is -2.16. The monoisotopic (exact) mass is 258 g/mol. The predicted molar refractivity (Wildman–Crippen MR) is 74.8 cm³/mol. The molecule has 0 spiro atoms. The lowest BCUT2D eigenvalue weighted by Gasteiger charge is -2.15. The van der Waals surface area contributed by atoms with Crippen LogP contribution in [0.5, 0.6) is 17.2 Å². The smallest absolute Gasteiger partial charge is 0.119 e. The molecule has 0 radical (unpaired) electrons. The Labute approximate surface area is 113 Å². The number of rotatable bonds is 6. The van der Waals surface area contributed by atoms with Crippen molar-refractivity contribution in [3.8, 4) is 17.2 Å². The van der Waals surface area contributed by atoms with Crippen LogP contribution in [0.25, 0.3) is 0 Å². The van der Waals surface area contributed by atoms with Gasteiger partial charge in [-0.2, -0.15) is 0 Å². The number of para-hydroxylation sites is 1. The van der Waals surface area contributed by atoms with E-state index in [1.165, 1.54) is 0 Å². The van der Waals surface area contributed by atoms with Crippen molar-refractivity contribution in [1.29, 1.82) is 0 Å². The van der Waals surface area contributed by atoms with Gasteiger partial charge in [0.05, 0.1) is 12.7 Å². The van der Waals surface area contributed by atoms with Crippen LogP contribution in [0.4, 0.5) is 0 Å². The fraction of sp³-hybridized carbons (Fsp3) is 0.250. The first-order valence-corrected chi connectivity index (χ1v) is 6.37. The van der Waals surface area contributed by atoms with E-state index in [0.717, 1.165) is 17.9 Å². The van der Waals surface area contributed by atoms with E-state index in [0.29, 0.717) is 6.61 Å². The molecule has 1 N–H and O–H groups in total. The van der Waals surface area contributed by atoms with Crippen LogP contribution < -0.4 is 9.47 Å². The summed E-state index contributed by atoms with van der Waals surface area (Å²) in [5.41, 5.74) is 0. The van der Waals surface area contributed by atoms with Gasteiger partial charge in [-0.05, 0) is 43.3 Å². The van der Waals surface area contributed by atoms with E-state index >= 15 is 0 Å². The summed E-state index contributed by atoms with van der Waals surface area (Å²) in [6.45, 7) is 2.60. The fourth-order valence-corrected chi connectivity index (χ4v) is 1.68. The lowest BCUT2D eigenvalue weighted by molar-refractivity contribution is 0.177. The van der Waals surface area contributed by atoms with Gasteiger partial charge in [0, 0.05) is 6.42 Å². The number of phenols is 1. The van der Waals surface area contributed by atoms with Crippen molar-refractivity contribution in [2.75, 3.05) is 6.61 Å². The van der Waals surface area contributed by atoms with Crippen molar-refractivity contribution in [2.24, 2.45) is 0 Å². The van der Waals surface area contributed by atoms with E-state index in [4.69, 9.17) is 14.6 Å². The van der Waals surface area contributed by atoms with Gasteiger partial charge in [0.25, 0.3) is 0 Å². The van der Waals surface area contributed by atoms with Gasteiger partial charge in [-0.15, -0.1) is 0 Å². The van der Waals surface area contributed by atoms with Crippen LogP contribution in [0.1, 0.15) is 13.3 Å². The maximum absolute atomic E-state index is 9.16. The summed E-state index contributed by atoms with van der Waals surface area (Å²) in [5, 5.41) is 9.16. The molecule has 0 aliphatic rings. The summed E-state index contributed by atoms with van der Waals surface area (Å²) in [6.07, 6.45) is 0.898. The average molecular weight is 258 g/mol. The highest BCUT2D eigenvalue weighted by Gasteiger charge is 2.04. The Balaban J connectivity index is 1.72. The lowest BCUT2D eigenvalue weighted by atomic mass is 10.3. The molecule has 2 aromatic carbocycles. The Morgan fingerprint density at radius 2 is 1.63 bits per heavy atom. The largest absolute Gasteiger partial charge is 0.508 e. The number of aromatic hydroxyl groups is 1. The second-order valence-corrected chi connectivity index (χ2v) is 4.37. The molecule has 2 aromatic rings. The Bertz CT molecular complexity index is 479. The van der Waals surface area contributed by atoms with E-state index in [1.807, 2.05) is 37.3 Å². The van der Waals surface area contributed by atoms with Crippen LogP contribution in [-0.4, -0.2) is 17.8 Å². The minimum Gasteiger partial charge on any atom is -0.508 e. The first-order chi connectivity index (χ1) is 9.24. The second-order valence-electron chi connectivity index (χ2n) is 4.37. The summed E-state index contributed by atoms with van der Waals surface area (Å²) < 4.78 is 11.3. The van der Waals surface area contributed by atoms with Gasteiger partial charge in [-0.1, -0.05) is 18.2 Å². The molecule has 0 fully saturated rings. The van der Waals surface area contributed by atoms with Gasteiger partial charge in [-0.3, -0.25) is 0 Å². The van der Waals surface area contributed by atoms with Gasteiger partial charge in [0.1, 0.15) is 17.2 Å². The van der Waals surface area contributed by atoms with Gasteiger partial charge < -0.3 is 14.6 Å². The zero-order valence-electron chi connectivity index (χ0n) is 11.0. The van der Waals surface area contributed by atoms with Crippen LogP contribution in [0, 0.1) is 0 Å². The molecular formula is C16H18O3. The normalized spacial score (nSPS) is 11.8. The van der Waals surface area contributed by atoms with Crippen molar-refractivity contribution in [1.82, 2.24) is 0 Å². The zero-order chi connectivity index (χ0) is 13.5. The molecule has 1 unspecified atom stereocenters. The average Bonchev–Trinajstić information content (AvgIpc) is 2.42. The molecule has 3 nitrogen and oxygen atoms in total. The molecular weight excluding hydrogens is 240 g/mol. The highest BCUT2D eigenvalue weighted by atomic mass is 16.5. The third-order valence-electron chi connectivity index (χ3n) is 2.71. The Morgan fingerprint density at radius 1 is 0.947 bits per heavy atom. The number of ether oxygens (including phenoxy) is 2. The fourth-order valence-electron chi connectivity index (χ4n) is 1.68. The van der Waals surface area contributed by atoms with Gasteiger partial charge in [-0.25, -0.2) is 0 Å². The van der Waals surface area contributed by atoms with E-state index < -0.39 is 0 Å². The molecule has 1 atom stereocenters. The van der Waals surface area contributed by atoms with Crippen LogP contribution in [0.15, 0.2) is 54.6 Å². The van der Waals surface area contributed by atoms with Crippen molar-refractivity contribution < 1.29 is 14.6 Å². The number of benzene rings is 2. The third kappa shape index (κ3) is 4.54. The second kappa shape index (κ2) is 6.69. The van der Waals surface area contributed by atoms with Crippen molar-refractivity contribution in [2.45, 2.75) is 19.4 Å². The highest BCUT2D eigenvalue weighted by Crippen LogP contribution is 2.17. The summed E-state index contributed by atoms with van der Waals surface area (Å²) >= 11 is 0. The lowest BCUT2D eigenvalue weighted by Crippen LogP contribution is -2.15. The molecule has 100 valence electrons. The zero-order valence-corrected chi connectivity index (χ0v) is 11.0. The maximum atomic E-state index is 9.16. The van der Waals surface area contributed by atoms with Gasteiger partial charge in [0.15, 0.2) is 0 Å². The van der Waals surface area contributed by atoms with Crippen molar-refractivity contribution in [3.05, 3.63) is 54.6 Å². The number of hydrogen-bond donors (Lipinski definition) is 1. The van der Waals surface area contributed by atoms with Crippen LogP contribution in [0.3, 0.4) is 0 Å². The number of phenolic OH excluding ortho intramolecular Hbond substituents is 1. The molecule has 0 aliphatic carbocycles. The van der Waals surface area contributed by atoms with E-state index in [2.05, 4.69) is 0 Å². The van der Waals surface area contributed by atoms with Crippen LogP contribution in [0.2, 0.25) is 0 Å². The van der Waals surface area contributed by atoms with Crippen LogP contribution >= 0.6 is 0 Å². The molecule has 0 saturated carbocycles. The quantitative estimate of drug-likeness (QED) is 0.860. The number of hydrogen-bond acceptors (Lipinski definition) is 3. The molecule has 19 heavy (non-hydrogen) atoms. The molecule has 3 heteroatoms. The molecule has 0 heterocycles. The molecule has 2 rings (SSSR count). The van der Waals surface area contributed by atoms with Gasteiger partial charge >= 0.3 is 0 Å². The minimum atomic E-state index is 0.0968. The summed E-state index contributed by atoms with van der Waals surface area (Å²) in [4.78, 5) is 0. The molecule has 0 saturated heterocycles. The molecule has 0 aliphatic heterocycles. The maximum Gasteiger partial charge on any atom is 0.119 e. The van der Waals surface area contributed by atoms with Crippen LogP contribution in [-0.2, 0) is 0 Å². The van der Waals surface area contributed by atoms with Crippen molar-refractivity contribution >= 4 is 0 Å². The predicted octanol–water partition coefficient (Wildman–Crippen LogP) is 3.63. The molecule has 0 bridgehead atoms. The third-order valence-corrected chi connectivity index (χ3v) is 2.71. The first kappa shape index (κ1) is 13.3. The summed E-state index contributed by atoms with van der Waals surface area (Å²) in [6, 6.07) is 16.5. The molecule has 0 amide bonds. The first-order valence-electron chi connectivity index (χ1n) is 6.37. The summed E-state index contributed by atoms with van der Waals surface area (Å²) in [5.74, 6) is 1.87. The van der Waals surface area contributed by atoms with E-state index in [-0.39, 0.29) is 11.9 Å². The Kier molecular flexibility index (Phi) is 4.67. The SMILES string of the molecule is CC(CCOc1ccc(O)cc1)Oc1ccccc1.